The van der Waals surface area contributed by atoms with Crippen LogP contribution in [0.25, 0.3) is 21.8 Å². The molecule has 0 saturated carbocycles. The zero-order valence-corrected chi connectivity index (χ0v) is 81.0. The number of carbonyl (C=O) groups excluding carboxylic acids is 17. The standard InChI is InChI=1S/C98H132N22O20S/c1-7-9-27-77-92(134)110-69(26-18-37-99)89(131)115-76(88(130)106-51-83(102)124)53-141-54-84(125)108-73(41-58-30-32-64(121)33-31-58)94(136)116(4)56(3)86(128)113-75(47-82(101)123)97(139)119-39-19-29-78(119)93(135)112-72(46-63-50-103-55-107-63)91(133)111-71(34-35-85(126)127)96(138)120-52-59(40-57-20-12-11-13-21-57)42-80(120)81(122)45-60(43-61-48-104-67-24-16-14-22-65(61)67)87(129)109-70(36-38-100)90(132)114-74(44-62-49-105-68-25-17-15-23-66(62)68)95(137)118(6)79(28-10-8-2)98(140)117(77)5/h11-17,20-25,30-33,48-50,55-56,59-60,69-80,104-105,121H,7-10,18-19,26-29,34-47,51-54,99-100H2,1-6H3,(H2,101,123)(H2,102,124)(H,103,107)(H,106,130)(H,108,125)(H,109,129)(H,110,134)(H,111,133)(H,112,135)(H,113,128)(H,114,132)(H,115,131)(H,126,127)/t56-,59+,60+,69-,70-,71-,72-,73-,74-,75-,76-,77-,78-,79-,80-/m0/s1. The van der Waals surface area contributed by atoms with Crippen molar-refractivity contribution in [3.05, 3.63) is 156 Å². The Kier molecular flexibility index (Phi) is 40.8. The Hall–Kier alpha value is -14.1. The molecule has 3 aliphatic heterocycles. The lowest BCUT2D eigenvalue weighted by Gasteiger charge is -2.36. The number of nitrogens with zero attached hydrogens (tertiary/aromatic N) is 6. The Morgan fingerprint density at radius 2 is 1.08 bits per heavy atom. The first-order valence-corrected chi connectivity index (χ1v) is 48.9. The molecule has 3 aliphatic rings. The number of aromatic amines is 3. The Morgan fingerprint density at radius 1 is 0.511 bits per heavy atom. The molecule has 4 aromatic carbocycles. The van der Waals surface area contributed by atoms with Crippen LogP contribution in [-0.4, -0.2) is 305 Å². The van der Waals surface area contributed by atoms with Gasteiger partial charge in [-0.15, -0.1) is 11.8 Å². The van der Waals surface area contributed by atoms with Gasteiger partial charge < -0.3 is 120 Å². The molecule has 15 atom stereocenters. The maximum Gasteiger partial charge on any atom is 0.303 e. The average molecular weight is 1970 g/mol. The summed E-state index contributed by atoms with van der Waals surface area (Å²) in [6.45, 7) is 3.80. The van der Waals surface area contributed by atoms with Crippen LogP contribution in [0.15, 0.2) is 128 Å². The second kappa shape index (κ2) is 52.8. The Balaban J connectivity index is 1.04. The molecule has 0 radical (unpaired) electrons. The van der Waals surface area contributed by atoms with Gasteiger partial charge in [-0.2, -0.15) is 0 Å². The maximum absolute atomic E-state index is 16.0. The number of nitrogens with one attached hydrogen (secondary N) is 12. The monoisotopic (exact) mass is 1970 g/mol. The molecule has 0 aliphatic carbocycles. The van der Waals surface area contributed by atoms with Crippen molar-refractivity contribution in [3.8, 4) is 5.75 Å². The van der Waals surface area contributed by atoms with Crippen molar-refractivity contribution in [2.75, 3.05) is 65.4 Å². The van der Waals surface area contributed by atoms with Crippen LogP contribution in [0.3, 0.4) is 0 Å². The number of carbonyl (C=O) groups is 18. The zero-order chi connectivity index (χ0) is 102. The van der Waals surface area contributed by atoms with Crippen LogP contribution in [0, 0.1) is 11.8 Å². The number of carboxylic acids is 1. The Morgan fingerprint density at radius 3 is 1.71 bits per heavy atom. The van der Waals surface area contributed by atoms with E-state index >= 15 is 47.9 Å². The van der Waals surface area contributed by atoms with E-state index in [1.807, 2.05) is 68.4 Å². The minimum absolute atomic E-state index is 0.00395. The van der Waals surface area contributed by atoms with E-state index in [9.17, 15) is 48.6 Å². The number of benzene rings is 4. The fraction of sp³-hybridized carbons (Fsp3) is 0.500. The summed E-state index contributed by atoms with van der Waals surface area (Å²) in [5.41, 5.74) is 27.5. The van der Waals surface area contributed by atoms with Crippen molar-refractivity contribution in [1.29, 1.82) is 0 Å². The minimum Gasteiger partial charge on any atom is -0.508 e. The summed E-state index contributed by atoms with van der Waals surface area (Å²) >= 11 is 0.780. The molecule has 42 nitrogen and oxygen atoms in total. The quantitative estimate of drug-likeness (QED) is 0.0300. The highest BCUT2D eigenvalue weighted by Crippen LogP contribution is 2.33. The molecule has 3 fully saturated rings. The predicted octanol–water partition coefficient (Wildman–Crippen LogP) is 0.311. The van der Waals surface area contributed by atoms with Gasteiger partial charge in [0, 0.05) is 118 Å². The number of aliphatic carboxylic acids is 1. The summed E-state index contributed by atoms with van der Waals surface area (Å²) in [6, 6.07) is 9.32. The van der Waals surface area contributed by atoms with E-state index in [-0.39, 0.29) is 115 Å². The number of unbranched alkanes of at least 4 members (excludes halogenated alkanes) is 2. The summed E-state index contributed by atoms with van der Waals surface area (Å²) in [5.74, 6) is -19.6. The zero-order valence-electron chi connectivity index (χ0n) is 80.2. The van der Waals surface area contributed by atoms with Gasteiger partial charge in [-0.1, -0.05) is 118 Å². The number of imidazole rings is 1. The molecule has 6 heterocycles. The molecule has 7 aromatic rings. The van der Waals surface area contributed by atoms with Crippen molar-refractivity contribution in [1.82, 2.24) is 92.3 Å². The van der Waals surface area contributed by atoms with E-state index in [4.69, 9.17) is 22.9 Å². The fourth-order valence-electron chi connectivity index (χ4n) is 18.1. The molecule has 0 bridgehead atoms. The second-order valence-corrected chi connectivity index (χ2v) is 37.3. The molecule has 0 unspecified atom stereocenters. The van der Waals surface area contributed by atoms with E-state index in [0.717, 1.165) is 27.1 Å². The third-order valence-corrected chi connectivity index (χ3v) is 27.0. The predicted molar refractivity (Wildman–Crippen MR) is 522 cm³/mol. The number of amides is 16. The third kappa shape index (κ3) is 30.5. The number of aromatic hydroxyl groups is 1. The highest BCUT2D eigenvalue weighted by Gasteiger charge is 2.47. The van der Waals surface area contributed by atoms with E-state index in [1.54, 1.807) is 36.7 Å². The number of thioether (sulfide) groups is 1. The molecule has 16 amide bonds. The second-order valence-electron chi connectivity index (χ2n) is 36.3. The maximum atomic E-state index is 16.0. The summed E-state index contributed by atoms with van der Waals surface area (Å²) in [4.78, 5) is 285. The molecule has 760 valence electrons. The van der Waals surface area contributed by atoms with Crippen LogP contribution in [0.1, 0.15) is 151 Å². The number of aromatic nitrogens is 4. The molecular formula is C98H132N22O20S. The van der Waals surface area contributed by atoms with Gasteiger partial charge in [0.2, 0.25) is 94.5 Å². The first-order valence-electron chi connectivity index (χ1n) is 47.8. The van der Waals surface area contributed by atoms with Crippen LogP contribution in [0.5, 0.6) is 5.75 Å². The van der Waals surface area contributed by atoms with Crippen LogP contribution < -0.4 is 70.8 Å². The van der Waals surface area contributed by atoms with E-state index < -0.39 is 240 Å². The number of hydrogen-bond acceptors (Lipinski definition) is 23. The highest BCUT2D eigenvalue weighted by molar-refractivity contribution is 8.00. The number of hydrogen-bond donors (Lipinski definition) is 18. The smallest absolute Gasteiger partial charge is 0.303 e. The molecule has 22 N–H and O–H groups in total. The number of likely N-dealkylation sites (N-methyl/N-ethyl adjacent to an activating group) is 3. The van der Waals surface area contributed by atoms with E-state index in [2.05, 4.69) is 67.8 Å². The van der Waals surface area contributed by atoms with Crippen molar-refractivity contribution in [2.45, 2.75) is 234 Å². The lowest BCUT2D eigenvalue weighted by molar-refractivity contribution is -0.149. The van der Waals surface area contributed by atoms with Gasteiger partial charge in [0.25, 0.3) is 0 Å². The lowest BCUT2D eigenvalue weighted by atomic mass is 9.88. The van der Waals surface area contributed by atoms with Gasteiger partial charge >= 0.3 is 5.97 Å². The Labute approximate surface area is 820 Å². The van der Waals surface area contributed by atoms with E-state index in [1.165, 1.54) is 79.6 Å². The number of para-hydroxylation sites is 2. The normalized spacial score (nSPS) is 24.2. The number of phenols is 1. The number of Topliss-reactive ketones (excluding diaryl/α,β-unsaturated/α-hetero) is 1. The SMILES string of the molecule is CCCC[C@H]1C(=O)N(C)[C@@H](CCCC)C(=O)N[C@@H](CCCN)C(=O)N[C@H](C(=O)NCC(N)=O)CSCC(=O)N[C@@H](Cc2ccc(O)cc2)C(=O)N(C)[C@@H](C)C(=O)N[C@@H](CC(N)=O)C(=O)N2CCC[C@H]2C(=O)N[C@@H](Cc2c[nH]cn2)C(=O)N[C@@H](CCC(=O)O)C(=O)N2C[C@H](Cc3ccccc3)C[C@H]2C(=O)C[C@@H](Cc2c[nH]c3ccccc23)C(=O)N[C@@H](CCN)C(=O)N[C@@H](Cc2c[nH]c3ccccc23)C(=O)N1C. The molecule has 3 aromatic heterocycles. The summed E-state index contributed by atoms with van der Waals surface area (Å²) in [7, 11) is 3.99. The van der Waals surface area contributed by atoms with Crippen molar-refractivity contribution in [2.24, 2.45) is 34.8 Å². The van der Waals surface area contributed by atoms with Gasteiger partial charge in [-0.05, 0) is 143 Å². The molecule has 3 saturated heterocycles. The van der Waals surface area contributed by atoms with Gasteiger partial charge in [0.1, 0.15) is 78.3 Å². The topological polar surface area (TPSA) is 637 Å². The number of rotatable bonds is 29. The van der Waals surface area contributed by atoms with Gasteiger partial charge in [-0.3, -0.25) is 86.3 Å². The first-order chi connectivity index (χ1) is 67.5. The molecule has 43 heteroatoms. The summed E-state index contributed by atoms with van der Waals surface area (Å²) in [5, 5.41) is 46.1. The number of fused-ring (bicyclic) bond motifs is 4. The number of ketones is 1. The van der Waals surface area contributed by atoms with Crippen LogP contribution >= 0.6 is 11.8 Å². The highest BCUT2D eigenvalue weighted by atomic mass is 32.2. The van der Waals surface area contributed by atoms with Crippen LogP contribution in [-0.2, 0) is 118 Å². The minimum atomic E-state index is -1.81. The van der Waals surface area contributed by atoms with Gasteiger partial charge in [0.15, 0.2) is 5.78 Å². The van der Waals surface area contributed by atoms with E-state index in [0.29, 0.717) is 70.6 Å². The number of H-pyrrole nitrogens is 3. The Bertz CT molecular complexity index is 5570. The molecule has 0 spiro atoms. The molecule has 10 rings (SSSR count). The first kappa shape index (κ1) is 109. The molecular weight excluding hydrogens is 1840 g/mol. The molecule has 141 heavy (non-hydrogen) atoms. The lowest BCUT2D eigenvalue weighted by Crippen LogP contribution is -2.60. The average Bonchev–Trinajstić information content (AvgIpc) is 1.66. The largest absolute Gasteiger partial charge is 0.508 e. The van der Waals surface area contributed by atoms with Crippen molar-refractivity contribution in [3.63, 3.8) is 0 Å². The summed E-state index contributed by atoms with van der Waals surface area (Å²) < 4.78 is 0. The van der Waals surface area contributed by atoms with Crippen LogP contribution in [0.4, 0.5) is 0 Å². The summed E-state index contributed by atoms with van der Waals surface area (Å²) in [6.07, 6.45) is 4.26. The van der Waals surface area contributed by atoms with Gasteiger partial charge in [-0.25, -0.2) is 4.98 Å². The third-order valence-electron chi connectivity index (χ3n) is 26.0. The number of primary amides is 2. The number of phenolic OH excluding ortho intramolecular Hbond substituents is 1. The van der Waals surface area contributed by atoms with Crippen molar-refractivity contribution >= 4 is 140 Å². The number of carboxylic acid groups (broad SMARTS) is 1. The van der Waals surface area contributed by atoms with Crippen LogP contribution in [0.2, 0.25) is 0 Å². The van der Waals surface area contributed by atoms with Gasteiger partial charge in [0.05, 0.1) is 36.8 Å². The number of nitrogens with two attached hydrogens (primary N) is 4. The van der Waals surface area contributed by atoms with Crippen molar-refractivity contribution < 1.29 is 96.5 Å². The fourth-order valence-corrected chi connectivity index (χ4v) is 19.0.